The number of aliphatic hydroxyl groups is 1. The van der Waals surface area contributed by atoms with E-state index in [1.165, 1.54) is 0 Å². The summed E-state index contributed by atoms with van der Waals surface area (Å²) in [6.07, 6.45) is 1.95. The standard InChI is InChI=1S/C16H17FN6O/c17-11-6-8-22(10-11)14-5-4-13-19-9-15(23(13)21-14)20-16(24)12-3-1-2-7-18-12/h1-5,7,9,11,16,20,24H,6,8,10H2/t11-,16?/m0/s1. The highest BCUT2D eigenvalue weighted by Gasteiger charge is 2.23. The second-order valence-corrected chi connectivity index (χ2v) is 5.74. The van der Waals surface area contributed by atoms with E-state index in [2.05, 4.69) is 20.4 Å². The number of alkyl halides is 1. The topological polar surface area (TPSA) is 78.6 Å². The van der Waals surface area contributed by atoms with E-state index in [4.69, 9.17) is 0 Å². The Morgan fingerprint density at radius 3 is 2.92 bits per heavy atom. The molecule has 7 nitrogen and oxygen atoms in total. The van der Waals surface area contributed by atoms with Crippen LogP contribution in [0.2, 0.25) is 0 Å². The van der Waals surface area contributed by atoms with Gasteiger partial charge < -0.3 is 15.3 Å². The lowest BCUT2D eigenvalue weighted by atomic mass is 10.3. The Morgan fingerprint density at radius 1 is 1.25 bits per heavy atom. The molecule has 1 fully saturated rings. The molecule has 0 aromatic carbocycles. The van der Waals surface area contributed by atoms with Crippen molar-refractivity contribution in [2.45, 2.75) is 18.8 Å². The first-order valence-corrected chi connectivity index (χ1v) is 7.80. The lowest BCUT2D eigenvalue weighted by molar-refractivity contribution is 0.202. The van der Waals surface area contributed by atoms with Gasteiger partial charge in [0.05, 0.1) is 18.4 Å². The molecule has 4 heterocycles. The summed E-state index contributed by atoms with van der Waals surface area (Å²) in [4.78, 5) is 10.3. The molecule has 0 saturated carbocycles. The van der Waals surface area contributed by atoms with Gasteiger partial charge in [0, 0.05) is 12.7 Å². The fourth-order valence-corrected chi connectivity index (χ4v) is 2.81. The molecule has 0 spiro atoms. The highest BCUT2D eigenvalue weighted by Crippen LogP contribution is 2.22. The van der Waals surface area contributed by atoms with Crippen LogP contribution in [0.1, 0.15) is 18.3 Å². The number of aliphatic hydroxyl groups excluding tert-OH is 1. The van der Waals surface area contributed by atoms with Crippen molar-refractivity contribution < 1.29 is 9.50 Å². The molecular formula is C16H17FN6O. The average Bonchev–Trinajstić information content (AvgIpc) is 3.22. The monoisotopic (exact) mass is 328 g/mol. The van der Waals surface area contributed by atoms with E-state index >= 15 is 0 Å². The maximum absolute atomic E-state index is 13.4. The van der Waals surface area contributed by atoms with Crippen LogP contribution in [0.3, 0.4) is 0 Å². The number of imidazole rings is 1. The number of nitrogens with zero attached hydrogens (tertiary/aromatic N) is 5. The molecule has 124 valence electrons. The molecule has 0 aliphatic carbocycles. The molecule has 0 radical (unpaired) electrons. The largest absolute Gasteiger partial charge is 0.368 e. The van der Waals surface area contributed by atoms with Gasteiger partial charge in [0.15, 0.2) is 17.7 Å². The Balaban J connectivity index is 1.61. The average molecular weight is 328 g/mol. The number of aromatic nitrogens is 4. The molecule has 24 heavy (non-hydrogen) atoms. The summed E-state index contributed by atoms with van der Waals surface area (Å²) in [7, 11) is 0. The van der Waals surface area contributed by atoms with Gasteiger partial charge >= 0.3 is 0 Å². The second kappa shape index (κ2) is 6.04. The Bertz CT molecular complexity index is 839. The first kappa shape index (κ1) is 14.8. The van der Waals surface area contributed by atoms with Crippen LogP contribution < -0.4 is 10.2 Å². The van der Waals surface area contributed by atoms with Gasteiger partial charge in [-0.3, -0.25) is 4.98 Å². The van der Waals surface area contributed by atoms with Crippen LogP contribution in [0.4, 0.5) is 16.0 Å². The molecular weight excluding hydrogens is 311 g/mol. The molecule has 1 aliphatic heterocycles. The third kappa shape index (κ3) is 2.76. The van der Waals surface area contributed by atoms with Crippen LogP contribution in [0.15, 0.2) is 42.7 Å². The molecule has 1 saturated heterocycles. The number of nitrogens with one attached hydrogen (secondary N) is 1. The minimum Gasteiger partial charge on any atom is -0.368 e. The molecule has 1 aliphatic rings. The lowest BCUT2D eigenvalue weighted by Crippen LogP contribution is -2.22. The summed E-state index contributed by atoms with van der Waals surface area (Å²) in [5.74, 6) is 1.23. The van der Waals surface area contributed by atoms with Gasteiger partial charge in [0.1, 0.15) is 12.0 Å². The molecule has 2 atom stereocenters. The summed E-state index contributed by atoms with van der Waals surface area (Å²) in [5.41, 5.74) is 1.15. The minimum absolute atomic E-state index is 0.354. The number of fused-ring (bicyclic) bond motifs is 1. The number of rotatable bonds is 4. The number of anilines is 2. The van der Waals surface area contributed by atoms with Crippen LogP contribution in [0.5, 0.6) is 0 Å². The van der Waals surface area contributed by atoms with E-state index in [0.29, 0.717) is 42.5 Å². The number of halogens is 1. The van der Waals surface area contributed by atoms with Gasteiger partial charge in [0.25, 0.3) is 0 Å². The second-order valence-electron chi connectivity index (χ2n) is 5.74. The third-order valence-electron chi connectivity index (χ3n) is 4.06. The van der Waals surface area contributed by atoms with E-state index in [1.807, 2.05) is 17.0 Å². The maximum atomic E-state index is 13.4. The van der Waals surface area contributed by atoms with Crippen molar-refractivity contribution >= 4 is 17.3 Å². The number of hydrogen-bond donors (Lipinski definition) is 2. The summed E-state index contributed by atoms with van der Waals surface area (Å²) in [6.45, 7) is 1.00. The van der Waals surface area contributed by atoms with Crippen molar-refractivity contribution in [2.24, 2.45) is 0 Å². The van der Waals surface area contributed by atoms with Crippen molar-refractivity contribution in [3.63, 3.8) is 0 Å². The van der Waals surface area contributed by atoms with Crippen molar-refractivity contribution in [3.8, 4) is 0 Å². The lowest BCUT2D eigenvalue weighted by Gasteiger charge is -2.17. The molecule has 4 rings (SSSR count). The van der Waals surface area contributed by atoms with E-state index < -0.39 is 12.4 Å². The Hall–Kier alpha value is -2.74. The summed E-state index contributed by atoms with van der Waals surface area (Å²) in [6, 6.07) is 8.97. The van der Waals surface area contributed by atoms with Crippen molar-refractivity contribution in [3.05, 3.63) is 48.4 Å². The fourth-order valence-electron chi connectivity index (χ4n) is 2.81. The predicted octanol–water partition coefficient (Wildman–Crippen LogP) is 1.78. The van der Waals surface area contributed by atoms with E-state index in [9.17, 15) is 9.50 Å². The van der Waals surface area contributed by atoms with Gasteiger partial charge in [-0.05, 0) is 30.7 Å². The third-order valence-corrected chi connectivity index (χ3v) is 4.06. The van der Waals surface area contributed by atoms with Crippen LogP contribution in [-0.2, 0) is 0 Å². The normalized spacial score (nSPS) is 18.9. The Kier molecular flexibility index (Phi) is 3.73. The minimum atomic E-state index is -0.974. The van der Waals surface area contributed by atoms with Gasteiger partial charge in [-0.2, -0.15) is 4.52 Å². The zero-order valence-electron chi connectivity index (χ0n) is 12.9. The number of pyridine rings is 1. The van der Waals surface area contributed by atoms with Gasteiger partial charge in [0.2, 0.25) is 0 Å². The van der Waals surface area contributed by atoms with Crippen molar-refractivity contribution in [1.82, 2.24) is 19.6 Å². The van der Waals surface area contributed by atoms with Crippen molar-refractivity contribution in [1.29, 1.82) is 0 Å². The zero-order chi connectivity index (χ0) is 16.5. The molecule has 0 bridgehead atoms. The van der Waals surface area contributed by atoms with Crippen LogP contribution in [0, 0.1) is 0 Å². The summed E-state index contributed by atoms with van der Waals surface area (Å²) in [5, 5.41) is 17.7. The number of hydrogen-bond acceptors (Lipinski definition) is 6. The fraction of sp³-hybridized carbons (Fsp3) is 0.312. The van der Waals surface area contributed by atoms with E-state index in [0.717, 1.165) is 0 Å². The van der Waals surface area contributed by atoms with Gasteiger partial charge in [-0.1, -0.05) is 6.07 Å². The SMILES string of the molecule is OC(Nc1cnc2ccc(N3CC[C@H](F)C3)nn12)c1ccccn1. The predicted molar refractivity (Wildman–Crippen MR) is 87.5 cm³/mol. The van der Waals surface area contributed by atoms with E-state index in [-0.39, 0.29) is 0 Å². The first-order valence-electron chi connectivity index (χ1n) is 7.80. The first-order chi connectivity index (χ1) is 11.7. The van der Waals surface area contributed by atoms with Gasteiger partial charge in [-0.15, -0.1) is 5.10 Å². The van der Waals surface area contributed by atoms with Crippen LogP contribution >= 0.6 is 0 Å². The van der Waals surface area contributed by atoms with Crippen molar-refractivity contribution in [2.75, 3.05) is 23.3 Å². The summed E-state index contributed by atoms with van der Waals surface area (Å²) >= 11 is 0. The highest BCUT2D eigenvalue weighted by molar-refractivity contribution is 5.53. The molecule has 3 aromatic heterocycles. The van der Waals surface area contributed by atoms with Crippen LogP contribution in [-0.4, -0.2) is 43.9 Å². The molecule has 8 heteroatoms. The molecule has 0 amide bonds. The van der Waals surface area contributed by atoms with E-state index in [1.54, 1.807) is 35.1 Å². The smallest absolute Gasteiger partial charge is 0.169 e. The highest BCUT2D eigenvalue weighted by atomic mass is 19.1. The molecule has 3 aromatic rings. The summed E-state index contributed by atoms with van der Waals surface area (Å²) < 4.78 is 15.0. The van der Waals surface area contributed by atoms with Crippen LogP contribution in [0.25, 0.3) is 5.65 Å². The quantitative estimate of drug-likeness (QED) is 0.711. The molecule has 1 unspecified atom stereocenters. The molecule has 2 N–H and O–H groups in total. The Labute approximate surface area is 137 Å². The Morgan fingerprint density at radius 2 is 2.17 bits per heavy atom. The van der Waals surface area contributed by atoms with Gasteiger partial charge in [-0.25, -0.2) is 9.37 Å². The zero-order valence-corrected chi connectivity index (χ0v) is 12.9. The maximum Gasteiger partial charge on any atom is 0.169 e.